The van der Waals surface area contributed by atoms with Crippen LogP contribution in [0.15, 0.2) is 47.5 Å². The third kappa shape index (κ3) is 3.07. The van der Waals surface area contributed by atoms with Gasteiger partial charge in [-0.05, 0) is 49.1 Å². The lowest BCUT2D eigenvalue weighted by Gasteiger charge is -2.30. The first-order valence-corrected chi connectivity index (χ1v) is 9.19. The van der Waals surface area contributed by atoms with Crippen LogP contribution in [-0.2, 0) is 17.8 Å². The molecule has 0 bridgehead atoms. The molecule has 0 unspecified atom stereocenters. The number of aryl methyl sites for hydroxylation is 2. The van der Waals surface area contributed by atoms with Gasteiger partial charge >= 0.3 is 0 Å². The summed E-state index contributed by atoms with van der Waals surface area (Å²) < 4.78 is 1.52. The first-order valence-electron chi connectivity index (χ1n) is 9.19. The highest BCUT2D eigenvalue weighted by molar-refractivity contribution is 5.95. The van der Waals surface area contributed by atoms with Crippen LogP contribution in [0.2, 0.25) is 0 Å². The fourth-order valence-electron chi connectivity index (χ4n) is 3.76. The van der Waals surface area contributed by atoms with Gasteiger partial charge in [0.15, 0.2) is 0 Å². The van der Waals surface area contributed by atoms with E-state index in [2.05, 4.69) is 4.98 Å². The number of nitrogens with two attached hydrogens (primary N) is 1. The zero-order chi connectivity index (χ0) is 19.0. The highest BCUT2D eigenvalue weighted by Gasteiger charge is 2.23. The second kappa shape index (κ2) is 6.87. The summed E-state index contributed by atoms with van der Waals surface area (Å²) in [7, 11) is 0. The molecule has 2 N–H and O–H groups in total. The van der Waals surface area contributed by atoms with Crippen molar-refractivity contribution in [3.8, 4) is 0 Å². The van der Waals surface area contributed by atoms with Crippen LogP contribution in [0.5, 0.6) is 0 Å². The van der Waals surface area contributed by atoms with Gasteiger partial charge in [0, 0.05) is 30.9 Å². The Morgan fingerprint density at radius 3 is 2.89 bits per heavy atom. The van der Waals surface area contributed by atoms with Crippen LogP contribution in [0.1, 0.15) is 24.0 Å². The molecule has 0 fully saturated rings. The molecule has 0 radical (unpaired) electrons. The van der Waals surface area contributed by atoms with Crippen molar-refractivity contribution in [2.75, 3.05) is 17.2 Å². The van der Waals surface area contributed by atoms with Gasteiger partial charge in [-0.2, -0.15) is 0 Å². The van der Waals surface area contributed by atoms with E-state index < -0.39 is 0 Å². The van der Waals surface area contributed by atoms with Crippen molar-refractivity contribution in [2.24, 2.45) is 0 Å². The molecule has 27 heavy (non-hydrogen) atoms. The monoisotopic (exact) mass is 362 g/mol. The van der Waals surface area contributed by atoms with E-state index in [9.17, 15) is 9.59 Å². The molecule has 0 spiro atoms. The summed E-state index contributed by atoms with van der Waals surface area (Å²) in [6.45, 7) is 2.92. The fraction of sp³-hybridized carbons (Fsp3) is 0.286. The molecule has 1 aliphatic heterocycles. The molecule has 2 heterocycles. The Morgan fingerprint density at radius 1 is 1.22 bits per heavy atom. The van der Waals surface area contributed by atoms with Crippen molar-refractivity contribution in [1.29, 1.82) is 0 Å². The van der Waals surface area contributed by atoms with Gasteiger partial charge in [0.2, 0.25) is 5.91 Å². The number of nitrogen functional groups attached to an aromatic ring is 1. The van der Waals surface area contributed by atoms with E-state index in [1.54, 1.807) is 11.0 Å². The summed E-state index contributed by atoms with van der Waals surface area (Å²) in [4.78, 5) is 31.7. The molecule has 0 saturated carbocycles. The van der Waals surface area contributed by atoms with Gasteiger partial charge < -0.3 is 10.6 Å². The molecule has 1 amide bonds. The van der Waals surface area contributed by atoms with Crippen LogP contribution in [0.25, 0.3) is 10.9 Å². The third-order valence-corrected chi connectivity index (χ3v) is 5.21. The summed E-state index contributed by atoms with van der Waals surface area (Å²) >= 11 is 0. The molecule has 3 aromatic rings. The van der Waals surface area contributed by atoms with Gasteiger partial charge in [-0.25, -0.2) is 4.98 Å². The van der Waals surface area contributed by atoms with Crippen LogP contribution in [-0.4, -0.2) is 22.0 Å². The highest BCUT2D eigenvalue weighted by Crippen LogP contribution is 2.31. The lowest BCUT2D eigenvalue weighted by molar-refractivity contribution is -0.118. The maximum absolute atomic E-state index is 12.8. The third-order valence-electron chi connectivity index (χ3n) is 5.21. The summed E-state index contributed by atoms with van der Waals surface area (Å²) in [5, 5.41) is 0.584. The number of fused-ring (bicyclic) bond motifs is 2. The van der Waals surface area contributed by atoms with Crippen LogP contribution in [0.3, 0.4) is 0 Å². The lowest BCUT2D eigenvalue weighted by atomic mass is 9.99. The van der Waals surface area contributed by atoms with E-state index in [0.717, 1.165) is 35.3 Å². The molecule has 6 heteroatoms. The minimum Gasteiger partial charge on any atom is -0.398 e. The van der Waals surface area contributed by atoms with E-state index in [1.165, 1.54) is 10.9 Å². The van der Waals surface area contributed by atoms with Crippen LogP contribution in [0.4, 0.5) is 11.4 Å². The maximum atomic E-state index is 12.8. The van der Waals surface area contributed by atoms with Gasteiger partial charge in [-0.15, -0.1) is 0 Å². The lowest BCUT2D eigenvalue weighted by Crippen LogP contribution is -2.36. The van der Waals surface area contributed by atoms with E-state index in [4.69, 9.17) is 5.73 Å². The van der Waals surface area contributed by atoms with Gasteiger partial charge in [-0.1, -0.05) is 18.2 Å². The first kappa shape index (κ1) is 17.3. The number of carbonyl (C=O) groups excluding carboxylic acids is 1. The minimum atomic E-state index is -0.111. The summed E-state index contributed by atoms with van der Waals surface area (Å²) in [6, 6.07) is 11.2. The number of carbonyl (C=O) groups is 1. The molecule has 1 aromatic heterocycles. The molecule has 4 rings (SSSR count). The smallest absolute Gasteiger partial charge is 0.261 e. The largest absolute Gasteiger partial charge is 0.398 e. The van der Waals surface area contributed by atoms with E-state index >= 15 is 0 Å². The Labute approximate surface area is 157 Å². The molecule has 0 aliphatic carbocycles. The standard InChI is InChI=1S/C21H22N4O2/c1-14-5-2-6-16-20(14)23-13-24(21(16)27)12-10-19(26)25-11-4-7-15-17(22)8-3-9-18(15)25/h2-3,5-6,8-9,13H,4,7,10-12,22H2,1H3. The average Bonchev–Trinajstić information content (AvgIpc) is 2.68. The molecule has 0 atom stereocenters. The summed E-state index contributed by atoms with van der Waals surface area (Å²) in [5.74, 6) is -0.00205. The number of aromatic nitrogens is 2. The second-order valence-corrected chi connectivity index (χ2v) is 6.96. The van der Waals surface area contributed by atoms with Crippen molar-refractivity contribution in [2.45, 2.75) is 32.7 Å². The zero-order valence-electron chi connectivity index (χ0n) is 15.3. The Balaban J connectivity index is 1.56. The summed E-state index contributed by atoms with van der Waals surface area (Å²) in [6.07, 6.45) is 3.56. The number of benzene rings is 2. The van der Waals surface area contributed by atoms with E-state index in [0.29, 0.717) is 24.0 Å². The maximum Gasteiger partial charge on any atom is 0.261 e. The Morgan fingerprint density at radius 2 is 2.04 bits per heavy atom. The number of nitrogens with zero attached hydrogens (tertiary/aromatic N) is 3. The van der Waals surface area contributed by atoms with Crippen molar-refractivity contribution >= 4 is 28.2 Å². The Hall–Kier alpha value is -3.15. The number of anilines is 2. The Kier molecular flexibility index (Phi) is 4.39. The van der Waals surface area contributed by atoms with Crippen LogP contribution >= 0.6 is 0 Å². The summed E-state index contributed by atoms with van der Waals surface area (Å²) in [5.41, 5.74) is 10.3. The van der Waals surface area contributed by atoms with E-state index in [1.807, 2.05) is 37.3 Å². The second-order valence-electron chi connectivity index (χ2n) is 6.96. The number of amides is 1. The predicted octanol–water partition coefficient (Wildman–Crippen LogP) is 2.66. The molecular formula is C21H22N4O2. The normalized spacial score (nSPS) is 13.6. The van der Waals surface area contributed by atoms with Gasteiger partial charge in [0.1, 0.15) is 0 Å². The van der Waals surface area contributed by atoms with Crippen molar-refractivity contribution in [3.63, 3.8) is 0 Å². The van der Waals surface area contributed by atoms with Gasteiger partial charge in [0.05, 0.1) is 17.2 Å². The number of hydrogen-bond donors (Lipinski definition) is 1. The van der Waals surface area contributed by atoms with E-state index in [-0.39, 0.29) is 17.9 Å². The first-order chi connectivity index (χ1) is 13.1. The number of para-hydroxylation sites is 1. The van der Waals surface area contributed by atoms with Crippen molar-refractivity contribution in [1.82, 2.24) is 9.55 Å². The topological polar surface area (TPSA) is 81.2 Å². The molecule has 2 aromatic carbocycles. The number of rotatable bonds is 3. The minimum absolute atomic E-state index is 0.00205. The Bertz CT molecular complexity index is 1090. The predicted molar refractivity (Wildman–Crippen MR) is 107 cm³/mol. The fourth-order valence-corrected chi connectivity index (χ4v) is 3.76. The molecule has 1 aliphatic rings. The van der Waals surface area contributed by atoms with Crippen LogP contribution < -0.4 is 16.2 Å². The quantitative estimate of drug-likeness (QED) is 0.726. The van der Waals surface area contributed by atoms with Gasteiger partial charge in [0.25, 0.3) is 5.56 Å². The number of hydrogen-bond acceptors (Lipinski definition) is 4. The molecule has 138 valence electrons. The highest BCUT2D eigenvalue weighted by atomic mass is 16.2. The van der Waals surface area contributed by atoms with Crippen molar-refractivity contribution in [3.05, 3.63) is 64.2 Å². The van der Waals surface area contributed by atoms with Crippen molar-refractivity contribution < 1.29 is 4.79 Å². The van der Waals surface area contributed by atoms with Crippen LogP contribution in [0, 0.1) is 6.92 Å². The molecule has 0 saturated heterocycles. The SMILES string of the molecule is Cc1cccc2c(=O)n(CCC(=O)N3CCCc4c(N)cccc43)cnc12. The molecular weight excluding hydrogens is 340 g/mol. The average molecular weight is 362 g/mol. The molecule has 6 nitrogen and oxygen atoms in total. The zero-order valence-corrected chi connectivity index (χ0v) is 15.3. The van der Waals surface area contributed by atoms with Gasteiger partial charge in [-0.3, -0.25) is 14.2 Å².